The zero-order valence-electron chi connectivity index (χ0n) is 16.6. The van der Waals surface area contributed by atoms with Crippen molar-refractivity contribution in [3.8, 4) is 0 Å². The highest BCUT2D eigenvalue weighted by molar-refractivity contribution is 6.99. The molecule has 0 radical (unpaired) electrons. The number of hydrogen-bond donors (Lipinski definition) is 0. The Bertz CT molecular complexity index is 633. The third-order valence-corrected chi connectivity index (χ3v) is 10.6. The fraction of sp³-hybridized carbons (Fsp3) is 0.478. The van der Waals surface area contributed by atoms with Crippen LogP contribution in [0.4, 0.5) is 0 Å². The number of rotatable bonds is 6. The van der Waals surface area contributed by atoms with Crippen LogP contribution < -0.4 is 10.4 Å². The van der Waals surface area contributed by atoms with Crippen molar-refractivity contribution in [2.45, 2.75) is 64.2 Å². The molecule has 0 bridgehead atoms. The maximum absolute atomic E-state index is 7.10. The average Bonchev–Trinajstić information content (AvgIpc) is 3.13. The van der Waals surface area contributed by atoms with Crippen LogP contribution in [0, 0.1) is 0 Å². The SMILES string of the molecule is C[C@@H](C[C@H]1CCCO1)O[Si](c1ccccc1)(c1ccccc1)C(C)(C)C. The van der Waals surface area contributed by atoms with E-state index in [1.807, 2.05) is 0 Å². The molecule has 3 rings (SSSR count). The number of benzene rings is 2. The van der Waals surface area contributed by atoms with Gasteiger partial charge >= 0.3 is 0 Å². The molecule has 0 aliphatic carbocycles. The Hall–Kier alpha value is -1.42. The second-order valence-electron chi connectivity index (χ2n) is 8.46. The van der Waals surface area contributed by atoms with E-state index in [4.69, 9.17) is 9.16 Å². The van der Waals surface area contributed by atoms with Crippen molar-refractivity contribution < 1.29 is 9.16 Å². The lowest BCUT2D eigenvalue weighted by molar-refractivity contribution is 0.0654. The quantitative estimate of drug-likeness (QED) is 0.698. The van der Waals surface area contributed by atoms with Crippen LogP contribution in [0.3, 0.4) is 0 Å². The molecule has 2 atom stereocenters. The van der Waals surface area contributed by atoms with Gasteiger partial charge in [0.1, 0.15) is 0 Å². The van der Waals surface area contributed by atoms with Gasteiger partial charge in [0, 0.05) is 12.7 Å². The Balaban J connectivity index is 2.02. The topological polar surface area (TPSA) is 18.5 Å². The van der Waals surface area contributed by atoms with Crippen LogP contribution >= 0.6 is 0 Å². The van der Waals surface area contributed by atoms with E-state index in [2.05, 4.69) is 88.4 Å². The minimum atomic E-state index is -2.44. The van der Waals surface area contributed by atoms with Crippen LogP contribution in [-0.2, 0) is 9.16 Å². The van der Waals surface area contributed by atoms with Gasteiger partial charge in [-0.1, -0.05) is 81.4 Å². The zero-order valence-corrected chi connectivity index (χ0v) is 17.6. The second kappa shape index (κ2) is 8.08. The molecule has 0 N–H and O–H groups in total. The van der Waals surface area contributed by atoms with Gasteiger partial charge in [-0.2, -0.15) is 0 Å². The summed E-state index contributed by atoms with van der Waals surface area (Å²) in [7, 11) is -2.44. The normalized spacial score (nSPS) is 19.5. The maximum Gasteiger partial charge on any atom is 0.261 e. The summed E-state index contributed by atoms with van der Waals surface area (Å²) in [4.78, 5) is 0. The van der Waals surface area contributed by atoms with Crippen molar-refractivity contribution in [2.24, 2.45) is 0 Å². The van der Waals surface area contributed by atoms with Gasteiger partial charge in [-0.3, -0.25) is 0 Å². The van der Waals surface area contributed by atoms with Gasteiger partial charge < -0.3 is 9.16 Å². The molecular formula is C23H32O2Si. The van der Waals surface area contributed by atoms with Gasteiger partial charge in [-0.05, 0) is 41.6 Å². The average molecular weight is 369 g/mol. The summed E-state index contributed by atoms with van der Waals surface area (Å²) in [5.41, 5.74) is 0. The summed E-state index contributed by atoms with van der Waals surface area (Å²) in [5, 5.41) is 2.72. The molecule has 0 amide bonds. The van der Waals surface area contributed by atoms with Crippen LogP contribution in [0.1, 0.15) is 47.0 Å². The van der Waals surface area contributed by atoms with Gasteiger partial charge in [-0.25, -0.2) is 0 Å². The number of hydrogen-bond acceptors (Lipinski definition) is 2. The predicted molar refractivity (Wildman–Crippen MR) is 112 cm³/mol. The summed E-state index contributed by atoms with van der Waals surface area (Å²) in [6, 6.07) is 21.7. The molecule has 1 fully saturated rings. The molecule has 2 aromatic rings. The van der Waals surface area contributed by atoms with Crippen molar-refractivity contribution in [1.29, 1.82) is 0 Å². The molecule has 0 aromatic heterocycles. The highest BCUT2D eigenvalue weighted by atomic mass is 28.4. The molecule has 26 heavy (non-hydrogen) atoms. The molecule has 1 aliphatic heterocycles. The summed E-state index contributed by atoms with van der Waals surface area (Å²) in [6.07, 6.45) is 3.84. The van der Waals surface area contributed by atoms with Crippen molar-refractivity contribution >= 4 is 18.7 Å². The third kappa shape index (κ3) is 3.95. The first-order valence-corrected chi connectivity index (χ1v) is 11.7. The lowest BCUT2D eigenvalue weighted by Crippen LogP contribution is -2.67. The highest BCUT2D eigenvalue weighted by Gasteiger charge is 2.51. The summed E-state index contributed by atoms with van der Waals surface area (Å²) < 4.78 is 13.0. The Kier molecular flexibility index (Phi) is 6.01. The van der Waals surface area contributed by atoms with E-state index in [1.54, 1.807) is 0 Å². The Morgan fingerprint density at radius 2 is 1.54 bits per heavy atom. The molecule has 2 nitrogen and oxygen atoms in total. The smallest absolute Gasteiger partial charge is 0.261 e. The van der Waals surface area contributed by atoms with Crippen molar-refractivity contribution in [1.82, 2.24) is 0 Å². The summed E-state index contributed by atoms with van der Waals surface area (Å²) >= 11 is 0. The largest absolute Gasteiger partial charge is 0.405 e. The van der Waals surface area contributed by atoms with E-state index >= 15 is 0 Å². The standard InChI is InChI=1S/C23H32O2Si/c1-19(18-20-12-11-17-24-20)25-26(23(2,3)4,21-13-7-5-8-14-21)22-15-9-6-10-16-22/h5-10,13-16,19-20H,11-12,17-18H2,1-4H3/t19-,20+/m0/s1. The Morgan fingerprint density at radius 1 is 1.00 bits per heavy atom. The first-order valence-electron chi connectivity index (χ1n) is 9.84. The van der Waals surface area contributed by atoms with Gasteiger partial charge in [-0.15, -0.1) is 0 Å². The minimum absolute atomic E-state index is 0.0283. The van der Waals surface area contributed by atoms with Gasteiger partial charge in [0.2, 0.25) is 0 Å². The van der Waals surface area contributed by atoms with Crippen molar-refractivity contribution in [2.75, 3.05) is 6.61 Å². The molecular weight excluding hydrogens is 336 g/mol. The van der Waals surface area contributed by atoms with Crippen molar-refractivity contribution in [3.63, 3.8) is 0 Å². The highest BCUT2D eigenvalue weighted by Crippen LogP contribution is 2.38. The van der Waals surface area contributed by atoms with Crippen LogP contribution in [-0.4, -0.2) is 27.1 Å². The molecule has 3 heteroatoms. The van der Waals surface area contributed by atoms with Crippen molar-refractivity contribution in [3.05, 3.63) is 60.7 Å². The lowest BCUT2D eigenvalue weighted by atomic mass is 10.1. The summed E-state index contributed by atoms with van der Waals surface area (Å²) in [5.74, 6) is 0. The lowest BCUT2D eigenvalue weighted by Gasteiger charge is -2.45. The van der Waals surface area contributed by atoms with E-state index in [1.165, 1.54) is 16.8 Å². The molecule has 1 heterocycles. The van der Waals surface area contributed by atoms with Crippen LogP contribution in [0.5, 0.6) is 0 Å². The van der Waals surface area contributed by atoms with Gasteiger partial charge in [0.25, 0.3) is 8.32 Å². The molecule has 1 saturated heterocycles. The molecule has 2 aromatic carbocycles. The van der Waals surface area contributed by atoms with E-state index in [-0.39, 0.29) is 11.1 Å². The Morgan fingerprint density at radius 3 is 1.96 bits per heavy atom. The van der Waals surface area contributed by atoms with E-state index in [0.717, 1.165) is 19.4 Å². The predicted octanol–water partition coefficient (Wildman–Crippen LogP) is 4.52. The monoisotopic (exact) mass is 368 g/mol. The Labute approximate surface area is 159 Å². The molecule has 0 unspecified atom stereocenters. The van der Waals surface area contributed by atoms with Crippen LogP contribution in [0.25, 0.3) is 0 Å². The van der Waals surface area contributed by atoms with E-state index < -0.39 is 8.32 Å². The second-order valence-corrected chi connectivity index (χ2v) is 12.7. The minimum Gasteiger partial charge on any atom is -0.405 e. The molecule has 1 aliphatic rings. The number of ether oxygens (including phenoxy) is 1. The van der Waals surface area contributed by atoms with Crippen LogP contribution in [0.2, 0.25) is 5.04 Å². The fourth-order valence-corrected chi connectivity index (χ4v) is 8.96. The molecule has 0 spiro atoms. The zero-order chi connectivity index (χ0) is 18.6. The maximum atomic E-state index is 7.10. The van der Waals surface area contributed by atoms with Crippen LogP contribution in [0.15, 0.2) is 60.7 Å². The molecule has 140 valence electrons. The first kappa shape index (κ1) is 19.3. The fourth-order valence-electron chi connectivity index (χ4n) is 4.24. The molecule has 0 saturated carbocycles. The van der Waals surface area contributed by atoms with Gasteiger partial charge in [0.05, 0.1) is 6.10 Å². The first-order chi connectivity index (χ1) is 12.4. The van der Waals surface area contributed by atoms with E-state index in [9.17, 15) is 0 Å². The summed E-state index contributed by atoms with van der Waals surface area (Å²) in [6.45, 7) is 10.1. The van der Waals surface area contributed by atoms with E-state index in [0.29, 0.717) is 6.10 Å². The third-order valence-electron chi connectivity index (χ3n) is 5.41. The van der Waals surface area contributed by atoms with Gasteiger partial charge in [0.15, 0.2) is 0 Å².